The van der Waals surface area contributed by atoms with E-state index in [1.54, 1.807) is 0 Å². The van der Waals surface area contributed by atoms with E-state index >= 15 is 0 Å². The van der Waals surface area contributed by atoms with Gasteiger partial charge in [0.15, 0.2) is 0 Å². The zero-order valence-electron chi connectivity index (χ0n) is 17.9. The Morgan fingerprint density at radius 3 is 2.77 bits per heavy atom. The van der Waals surface area contributed by atoms with Crippen molar-refractivity contribution in [2.45, 2.75) is 38.9 Å². The maximum atomic E-state index is 12.4. The molecule has 1 aliphatic heterocycles. The highest BCUT2D eigenvalue weighted by Crippen LogP contribution is 2.25. The van der Waals surface area contributed by atoms with Gasteiger partial charge >= 0.3 is 0 Å². The summed E-state index contributed by atoms with van der Waals surface area (Å²) in [5.74, 6) is 0. The lowest BCUT2D eigenvalue weighted by Gasteiger charge is -2.32. The highest BCUT2D eigenvalue weighted by atomic mass is 32.1. The topological polar surface area (TPSA) is 50.2 Å². The number of hydrogen-bond donors (Lipinski definition) is 1. The lowest BCUT2D eigenvalue weighted by molar-refractivity contribution is 0.191. The first-order valence-electron chi connectivity index (χ1n) is 11.0. The van der Waals surface area contributed by atoms with Crippen molar-refractivity contribution in [2.75, 3.05) is 19.6 Å². The van der Waals surface area contributed by atoms with Crippen molar-refractivity contribution >= 4 is 32.5 Å². The van der Waals surface area contributed by atoms with Gasteiger partial charge in [-0.1, -0.05) is 24.3 Å². The Morgan fingerprint density at radius 2 is 1.94 bits per heavy atom. The second-order valence-electron chi connectivity index (χ2n) is 8.49. The second-order valence-corrected chi connectivity index (χ2v) is 9.66. The standard InChI is InChI=1S/C25H28N4OS/c1-18-6-7-22-23(14-18)29(25(30)17-27-22)13-12-28-10-8-20(9-11-28)26-16-21-15-19-4-2-3-5-24(19)31-21/h2-7,14-15,17,20,26H,8-13,16H2,1H3. The molecule has 31 heavy (non-hydrogen) atoms. The fourth-order valence-electron chi connectivity index (χ4n) is 4.47. The molecule has 0 amide bonds. The number of nitrogens with one attached hydrogen (secondary N) is 1. The zero-order chi connectivity index (χ0) is 21.2. The first-order chi connectivity index (χ1) is 15.2. The number of thiophene rings is 1. The summed E-state index contributed by atoms with van der Waals surface area (Å²) in [5, 5.41) is 5.09. The number of nitrogens with zero attached hydrogens (tertiary/aromatic N) is 3. The van der Waals surface area contributed by atoms with Crippen molar-refractivity contribution in [3.63, 3.8) is 0 Å². The third kappa shape index (κ3) is 4.56. The minimum absolute atomic E-state index is 0.0158. The predicted molar refractivity (Wildman–Crippen MR) is 129 cm³/mol. The number of likely N-dealkylation sites (tertiary alicyclic amines) is 1. The van der Waals surface area contributed by atoms with Crippen molar-refractivity contribution in [1.29, 1.82) is 0 Å². The highest BCUT2D eigenvalue weighted by molar-refractivity contribution is 7.19. The van der Waals surface area contributed by atoms with Crippen molar-refractivity contribution in [2.24, 2.45) is 0 Å². The third-order valence-corrected chi connectivity index (χ3v) is 7.39. The summed E-state index contributed by atoms with van der Waals surface area (Å²) in [4.78, 5) is 20.6. The van der Waals surface area contributed by atoms with Crippen LogP contribution in [0.5, 0.6) is 0 Å². The summed E-state index contributed by atoms with van der Waals surface area (Å²) in [6.45, 7) is 6.75. The molecule has 1 fully saturated rings. The Kier molecular flexibility index (Phi) is 5.85. The number of fused-ring (bicyclic) bond motifs is 2. The molecule has 0 atom stereocenters. The summed E-state index contributed by atoms with van der Waals surface area (Å²) in [6.07, 6.45) is 3.74. The van der Waals surface area contributed by atoms with Crippen molar-refractivity contribution in [3.05, 3.63) is 75.5 Å². The van der Waals surface area contributed by atoms with E-state index in [1.165, 1.54) is 21.2 Å². The van der Waals surface area contributed by atoms with Crippen LogP contribution < -0.4 is 10.9 Å². The van der Waals surface area contributed by atoms with Gasteiger partial charge in [-0.25, -0.2) is 4.98 Å². The minimum atomic E-state index is -0.0158. The van der Waals surface area contributed by atoms with Gasteiger partial charge in [-0.05, 0) is 68.1 Å². The van der Waals surface area contributed by atoms with Gasteiger partial charge in [-0.15, -0.1) is 11.3 Å². The van der Waals surface area contributed by atoms with Gasteiger partial charge in [-0.3, -0.25) is 4.79 Å². The summed E-state index contributed by atoms with van der Waals surface area (Å²) >= 11 is 1.88. The molecule has 0 aliphatic carbocycles. The molecule has 5 rings (SSSR count). The van der Waals surface area contributed by atoms with Crippen molar-refractivity contribution in [3.8, 4) is 0 Å². The Morgan fingerprint density at radius 1 is 1.10 bits per heavy atom. The average Bonchev–Trinajstić information content (AvgIpc) is 3.21. The van der Waals surface area contributed by atoms with Crippen LogP contribution in [0.15, 0.2) is 59.5 Å². The van der Waals surface area contributed by atoms with Crippen LogP contribution in [0.25, 0.3) is 21.1 Å². The number of aryl methyl sites for hydroxylation is 1. The minimum Gasteiger partial charge on any atom is -0.309 e. The first-order valence-corrected chi connectivity index (χ1v) is 11.9. The molecule has 2 aromatic heterocycles. The quantitative estimate of drug-likeness (QED) is 0.497. The Balaban J connectivity index is 1.14. The second kappa shape index (κ2) is 8.91. The highest BCUT2D eigenvalue weighted by Gasteiger charge is 2.19. The molecule has 6 heteroatoms. The predicted octanol–water partition coefficient (Wildman–Crippen LogP) is 4.17. The van der Waals surface area contributed by atoms with E-state index < -0.39 is 0 Å². The molecule has 0 radical (unpaired) electrons. The van der Waals surface area contributed by atoms with E-state index in [0.29, 0.717) is 12.6 Å². The fraction of sp³-hybridized carbons (Fsp3) is 0.360. The molecule has 1 N–H and O–H groups in total. The van der Waals surface area contributed by atoms with Crippen LogP contribution in [0, 0.1) is 6.92 Å². The van der Waals surface area contributed by atoms with E-state index in [9.17, 15) is 4.79 Å². The largest absolute Gasteiger partial charge is 0.309 e. The molecule has 1 aliphatic rings. The molecule has 160 valence electrons. The maximum Gasteiger partial charge on any atom is 0.269 e. The van der Waals surface area contributed by atoms with E-state index in [1.807, 2.05) is 28.0 Å². The van der Waals surface area contributed by atoms with Gasteiger partial charge in [0.25, 0.3) is 5.56 Å². The summed E-state index contributed by atoms with van der Waals surface area (Å²) < 4.78 is 3.24. The maximum absolute atomic E-state index is 12.4. The molecule has 3 heterocycles. The van der Waals surface area contributed by atoms with Crippen molar-refractivity contribution in [1.82, 2.24) is 19.8 Å². The number of aromatic nitrogens is 2. The summed E-state index contributed by atoms with van der Waals surface area (Å²) in [5.41, 5.74) is 2.96. The molecule has 2 aromatic carbocycles. The molecule has 5 nitrogen and oxygen atoms in total. The lowest BCUT2D eigenvalue weighted by atomic mass is 10.1. The van der Waals surface area contributed by atoms with Crippen LogP contribution in [0.2, 0.25) is 0 Å². The summed E-state index contributed by atoms with van der Waals surface area (Å²) in [6, 6.07) is 17.6. The van der Waals surface area contributed by atoms with E-state index in [0.717, 1.165) is 55.6 Å². The Labute approximate surface area is 186 Å². The third-order valence-electron chi connectivity index (χ3n) is 6.27. The number of benzene rings is 2. The zero-order valence-corrected chi connectivity index (χ0v) is 18.7. The summed E-state index contributed by atoms with van der Waals surface area (Å²) in [7, 11) is 0. The lowest BCUT2D eigenvalue weighted by Crippen LogP contribution is -2.43. The van der Waals surface area contributed by atoms with E-state index in [-0.39, 0.29) is 5.56 Å². The van der Waals surface area contributed by atoms with Gasteiger partial charge in [-0.2, -0.15) is 0 Å². The van der Waals surface area contributed by atoms with Crippen LogP contribution >= 0.6 is 11.3 Å². The molecule has 0 bridgehead atoms. The smallest absolute Gasteiger partial charge is 0.269 e. The van der Waals surface area contributed by atoms with Gasteiger partial charge in [0.2, 0.25) is 0 Å². The molecule has 0 saturated carbocycles. The number of hydrogen-bond acceptors (Lipinski definition) is 5. The Bertz CT molecular complexity index is 1220. The van der Waals surface area contributed by atoms with Crippen LogP contribution in [0.3, 0.4) is 0 Å². The molecule has 0 spiro atoms. The van der Waals surface area contributed by atoms with Crippen LogP contribution in [-0.2, 0) is 13.1 Å². The van der Waals surface area contributed by atoms with Gasteiger partial charge in [0.05, 0.1) is 17.2 Å². The normalized spacial score (nSPS) is 15.8. The van der Waals surface area contributed by atoms with Crippen LogP contribution in [0.4, 0.5) is 0 Å². The molecular weight excluding hydrogens is 404 g/mol. The number of piperidine rings is 1. The van der Waals surface area contributed by atoms with Gasteiger partial charge in [0.1, 0.15) is 0 Å². The van der Waals surface area contributed by atoms with E-state index in [2.05, 4.69) is 58.5 Å². The fourth-order valence-corrected chi connectivity index (χ4v) is 5.49. The van der Waals surface area contributed by atoms with Gasteiger partial charge < -0.3 is 14.8 Å². The van der Waals surface area contributed by atoms with Gasteiger partial charge in [0, 0.05) is 35.3 Å². The monoisotopic (exact) mass is 432 g/mol. The molecule has 0 unspecified atom stereocenters. The SMILES string of the molecule is Cc1ccc2ncc(=O)n(CCN3CCC(NCc4cc5ccccc5s4)CC3)c2c1. The van der Waals surface area contributed by atoms with Crippen LogP contribution in [-0.4, -0.2) is 40.1 Å². The van der Waals surface area contributed by atoms with E-state index in [4.69, 9.17) is 0 Å². The number of rotatable bonds is 6. The average molecular weight is 433 g/mol. The molecule has 1 saturated heterocycles. The molecule has 4 aromatic rings. The van der Waals surface area contributed by atoms with Crippen molar-refractivity contribution < 1.29 is 0 Å². The molecular formula is C25H28N4OS. The Hall–Kier alpha value is -2.54. The van der Waals surface area contributed by atoms with Crippen LogP contribution in [0.1, 0.15) is 23.3 Å². The first kappa shape index (κ1) is 20.4.